The van der Waals surface area contributed by atoms with Gasteiger partial charge in [0.15, 0.2) is 14.7 Å². The van der Waals surface area contributed by atoms with Gasteiger partial charge in [0.2, 0.25) is 0 Å². The average molecular weight is 671 g/mol. The number of sulfone groups is 1. The number of benzene rings is 4. The third-order valence-corrected chi connectivity index (χ3v) is 9.92. The van der Waals surface area contributed by atoms with E-state index < -0.39 is 27.0 Å². The van der Waals surface area contributed by atoms with E-state index in [-0.39, 0.29) is 29.7 Å². The van der Waals surface area contributed by atoms with Crippen LogP contribution in [0.1, 0.15) is 41.2 Å². The average Bonchev–Trinajstić information content (AvgIpc) is 3.54. The first-order valence-electron chi connectivity index (χ1n) is 14.5. The number of hydrogen-bond acceptors (Lipinski definition) is 6. The summed E-state index contributed by atoms with van der Waals surface area (Å²) < 4.78 is 53.3. The van der Waals surface area contributed by atoms with Crippen LogP contribution in [0.25, 0.3) is 28.4 Å². The molecule has 4 aromatic carbocycles. The van der Waals surface area contributed by atoms with E-state index in [1.807, 2.05) is 55.5 Å². The molecule has 1 aliphatic carbocycles. The molecule has 2 aliphatic rings. The Morgan fingerprint density at radius 2 is 1.62 bits per heavy atom. The molecule has 0 amide bonds. The number of fused-ring (bicyclic) bond motifs is 1. The fourth-order valence-electron chi connectivity index (χ4n) is 5.49. The van der Waals surface area contributed by atoms with Gasteiger partial charge in [-0.15, -0.1) is 0 Å². The van der Waals surface area contributed by atoms with Crippen molar-refractivity contribution in [1.82, 2.24) is 0 Å². The number of aliphatic carboxylic acids is 1. The molecule has 10 heteroatoms. The molecule has 0 bridgehead atoms. The van der Waals surface area contributed by atoms with Gasteiger partial charge in [-0.05, 0) is 117 Å². The van der Waals surface area contributed by atoms with Crippen LogP contribution in [0.2, 0.25) is 0 Å². The van der Waals surface area contributed by atoms with Crippen LogP contribution >= 0.6 is 0 Å². The van der Waals surface area contributed by atoms with Crippen LogP contribution in [-0.4, -0.2) is 49.1 Å². The first-order valence-corrected chi connectivity index (χ1v) is 17.9. The van der Waals surface area contributed by atoms with Crippen molar-refractivity contribution >= 4 is 61.3 Å². The standard InChI is InChI=1S/C20H17FO3S.C17H14O4S/c1-12-17(9-13-3-6-15(7-4-13)25(2)24)16-8-5-14(21)10-19(16)18(12)11-20(22)23;1-22(19,20)14-9-7-12(8-10-14)15-11-21-17(18)16(15)13-5-3-2-4-6-13/h3-10H,11H2,1-2H3,(H,22,23);2-10H,11H2,1H3/b17-9-;. The summed E-state index contributed by atoms with van der Waals surface area (Å²) in [6.45, 7) is 2.05. The van der Waals surface area contributed by atoms with Crippen LogP contribution in [0.5, 0.6) is 0 Å². The molecule has 4 aromatic rings. The molecule has 0 spiro atoms. The van der Waals surface area contributed by atoms with E-state index >= 15 is 0 Å². The second-order valence-electron chi connectivity index (χ2n) is 11.0. The van der Waals surface area contributed by atoms with Gasteiger partial charge in [0.25, 0.3) is 0 Å². The number of esters is 1. The number of carbonyl (C=O) groups excluding carboxylic acids is 1. The van der Waals surface area contributed by atoms with Crippen molar-refractivity contribution in [2.24, 2.45) is 0 Å². The van der Waals surface area contributed by atoms with Crippen LogP contribution in [0.4, 0.5) is 4.39 Å². The summed E-state index contributed by atoms with van der Waals surface area (Å²) in [6.07, 6.45) is 4.59. The molecule has 1 aliphatic heterocycles. The molecule has 0 aromatic heterocycles. The third kappa shape index (κ3) is 7.62. The maximum absolute atomic E-state index is 13.7. The Morgan fingerprint density at radius 1 is 0.957 bits per heavy atom. The van der Waals surface area contributed by atoms with Gasteiger partial charge in [-0.2, -0.15) is 0 Å². The number of hydrogen-bond donors (Lipinski definition) is 1. The number of ether oxygens (including phenoxy) is 1. The lowest BCUT2D eigenvalue weighted by atomic mass is 9.97. The van der Waals surface area contributed by atoms with Gasteiger partial charge in [-0.25, -0.2) is 17.6 Å². The zero-order chi connectivity index (χ0) is 33.9. The topological polar surface area (TPSA) is 121 Å². The molecule has 1 N–H and O–H groups in total. The molecule has 6 rings (SSSR count). The largest absolute Gasteiger partial charge is 0.612 e. The molecule has 0 saturated heterocycles. The van der Waals surface area contributed by atoms with E-state index in [4.69, 9.17) is 9.84 Å². The summed E-state index contributed by atoms with van der Waals surface area (Å²) >= 11 is -1.04. The maximum Gasteiger partial charge on any atom is 0.339 e. The Balaban J connectivity index is 0.000000186. The van der Waals surface area contributed by atoms with Crippen LogP contribution < -0.4 is 0 Å². The monoisotopic (exact) mass is 670 g/mol. The number of allylic oxidation sites excluding steroid dienone is 2. The van der Waals surface area contributed by atoms with Crippen molar-refractivity contribution in [3.8, 4) is 0 Å². The fraction of sp³-hybridized carbons (Fsp3) is 0.135. The van der Waals surface area contributed by atoms with Gasteiger partial charge in [0.1, 0.15) is 18.7 Å². The van der Waals surface area contributed by atoms with E-state index in [9.17, 15) is 27.0 Å². The molecule has 1 unspecified atom stereocenters. The van der Waals surface area contributed by atoms with Crippen LogP contribution in [0.3, 0.4) is 0 Å². The number of halogens is 1. The predicted molar refractivity (Wildman–Crippen MR) is 182 cm³/mol. The highest BCUT2D eigenvalue weighted by atomic mass is 32.2. The minimum absolute atomic E-state index is 0.145. The lowest BCUT2D eigenvalue weighted by Crippen LogP contribution is -1.98. The Labute approximate surface area is 275 Å². The number of carbonyl (C=O) groups is 2. The molecule has 47 heavy (non-hydrogen) atoms. The Hall–Kier alpha value is -4.77. The highest BCUT2D eigenvalue weighted by Gasteiger charge is 2.28. The number of carboxylic acids is 1. The van der Waals surface area contributed by atoms with Gasteiger partial charge in [-0.1, -0.05) is 48.5 Å². The van der Waals surface area contributed by atoms with E-state index in [0.717, 1.165) is 43.9 Å². The van der Waals surface area contributed by atoms with Crippen molar-refractivity contribution in [2.75, 3.05) is 19.1 Å². The van der Waals surface area contributed by atoms with E-state index in [0.29, 0.717) is 16.7 Å². The minimum atomic E-state index is -3.23. The molecule has 0 fully saturated rings. The van der Waals surface area contributed by atoms with Gasteiger partial charge in [0.05, 0.1) is 16.9 Å². The summed E-state index contributed by atoms with van der Waals surface area (Å²) in [4.78, 5) is 24.2. The van der Waals surface area contributed by atoms with Crippen LogP contribution in [0, 0.1) is 5.82 Å². The van der Waals surface area contributed by atoms with Crippen molar-refractivity contribution in [3.63, 3.8) is 0 Å². The zero-order valence-electron chi connectivity index (χ0n) is 25.8. The summed E-state index contributed by atoms with van der Waals surface area (Å²) in [5, 5.41) is 9.17. The smallest absolute Gasteiger partial charge is 0.339 e. The Morgan fingerprint density at radius 3 is 2.21 bits per heavy atom. The van der Waals surface area contributed by atoms with E-state index in [2.05, 4.69) is 0 Å². The quantitative estimate of drug-likeness (QED) is 0.167. The van der Waals surface area contributed by atoms with Crippen molar-refractivity contribution in [2.45, 2.75) is 23.1 Å². The number of carboxylic acid groups (broad SMARTS) is 1. The van der Waals surface area contributed by atoms with E-state index in [1.165, 1.54) is 18.4 Å². The highest BCUT2D eigenvalue weighted by Crippen LogP contribution is 2.44. The lowest BCUT2D eigenvalue weighted by Gasteiger charge is -2.06. The molecule has 1 heterocycles. The molecule has 240 valence electrons. The Bertz CT molecular complexity index is 2040. The fourth-order valence-corrected chi connectivity index (χ4v) is 6.64. The van der Waals surface area contributed by atoms with Gasteiger partial charge in [0, 0.05) is 11.8 Å². The maximum atomic E-state index is 13.7. The van der Waals surface area contributed by atoms with Gasteiger partial charge < -0.3 is 14.4 Å². The molecular weight excluding hydrogens is 640 g/mol. The molecule has 7 nitrogen and oxygen atoms in total. The molecule has 0 radical (unpaired) electrons. The Kier molecular flexibility index (Phi) is 9.95. The normalized spacial score (nSPS) is 15.7. The first-order chi connectivity index (χ1) is 22.3. The second-order valence-corrected chi connectivity index (χ2v) is 14.4. The second kappa shape index (κ2) is 13.9. The molecule has 1 atom stereocenters. The van der Waals surface area contributed by atoms with Gasteiger partial charge >= 0.3 is 11.9 Å². The van der Waals surface area contributed by atoms with Crippen molar-refractivity contribution < 1.29 is 36.8 Å². The first kappa shape index (κ1) is 33.6. The minimum Gasteiger partial charge on any atom is -0.612 e. The SMILES string of the molecule is CC1=C(CC(=O)O)c2cc(F)ccc2/C1=C\c1ccc([S+](C)[O-])cc1.CS(=O)(=O)c1ccc(C2=C(c3ccccc3)C(=O)OC2)cc1. The third-order valence-electron chi connectivity index (χ3n) is 7.85. The van der Waals surface area contributed by atoms with Gasteiger partial charge in [-0.3, -0.25) is 4.79 Å². The summed E-state index contributed by atoms with van der Waals surface area (Å²) in [5.41, 5.74) is 7.64. The summed E-state index contributed by atoms with van der Waals surface area (Å²) in [7, 11) is -3.23. The van der Waals surface area contributed by atoms with Crippen molar-refractivity contribution in [3.05, 3.63) is 136 Å². The molecule has 0 saturated carbocycles. The summed E-state index contributed by atoms with van der Waals surface area (Å²) in [5.74, 6) is -1.68. The number of cyclic esters (lactones) is 1. The molecular formula is C37H31FO7S2. The summed E-state index contributed by atoms with van der Waals surface area (Å²) in [6, 6.07) is 27.6. The number of rotatable bonds is 7. The van der Waals surface area contributed by atoms with Crippen LogP contribution in [-0.2, 0) is 35.3 Å². The van der Waals surface area contributed by atoms with E-state index in [1.54, 1.807) is 48.7 Å². The highest BCUT2D eigenvalue weighted by molar-refractivity contribution is 7.91. The predicted octanol–water partition coefficient (Wildman–Crippen LogP) is 6.92. The van der Waals surface area contributed by atoms with Crippen molar-refractivity contribution in [1.29, 1.82) is 0 Å². The lowest BCUT2D eigenvalue weighted by molar-refractivity contribution is -0.136. The zero-order valence-corrected chi connectivity index (χ0v) is 27.5. The van der Waals surface area contributed by atoms with Crippen LogP contribution in [0.15, 0.2) is 112 Å².